The number of nitrogens with zero attached hydrogens (tertiary/aromatic N) is 2. The SMILES string of the molecule is O=C(CCC1CCCC1)NCCC1COCCN1Cc1nc2c(s1)CCCC2. The first-order chi connectivity index (χ1) is 13.8. The number of aryl methyl sites for hydroxylation is 2. The van der Waals surface area contributed by atoms with E-state index in [1.807, 2.05) is 11.3 Å². The second-order valence-corrected chi connectivity index (χ2v) is 9.88. The highest BCUT2D eigenvalue weighted by Gasteiger charge is 2.25. The van der Waals surface area contributed by atoms with Gasteiger partial charge in [-0.3, -0.25) is 9.69 Å². The minimum absolute atomic E-state index is 0.225. The molecule has 1 aliphatic heterocycles. The van der Waals surface area contributed by atoms with Crippen LogP contribution in [0, 0.1) is 5.92 Å². The van der Waals surface area contributed by atoms with Crippen molar-refractivity contribution in [2.45, 2.75) is 83.2 Å². The number of hydrogen-bond acceptors (Lipinski definition) is 5. The lowest BCUT2D eigenvalue weighted by Gasteiger charge is -2.35. The zero-order valence-corrected chi connectivity index (χ0v) is 17.9. The Kier molecular flexibility index (Phi) is 7.37. The lowest BCUT2D eigenvalue weighted by Crippen LogP contribution is -2.46. The van der Waals surface area contributed by atoms with Gasteiger partial charge in [-0.05, 0) is 44.4 Å². The standard InChI is InChI=1S/C22H35N3O2S/c26-21(10-9-17-5-1-2-6-17)23-12-11-18-16-27-14-13-25(18)15-22-24-19-7-3-4-8-20(19)28-22/h17-18H,1-16H2,(H,23,26). The zero-order chi connectivity index (χ0) is 19.2. The summed E-state index contributed by atoms with van der Waals surface area (Å²) in [5.74, 6) is 1.01. The van der Waals surface area contributed by atoms with Gasteiger partial charge in [-0.2, -0.15) is 0 Å². The first kappa shape index (κ1) is 20.3. The summed E-state index contributed by atoms with van der Waals surface area (Å²) in [5.41, 5.74) is 1.35. The van der Waals surface area contributed by atoms with E-state index in [9.17, 15) is 4.79 Å². The minimum atomic E-state index is 0.225. The van der Waals surface area contributed by atoms with Gasteiger partial charge in [-0.1, -0.05) is 25.7 Å². The zero-order valence-electron chi connectivity index (χ0n) is 17.1. The van der Waals surface area contributed by atoms with E-state index in [0.717, 1.165) is 58.0 Å². The number of amides is 1. The molecule has 3 aliphatic rings. The molecule has 0 radical (unpaired) electrons. The molecule has 1 saturated heterocycles. The lowest BCUT2D eigenvalue weighted by atomic mass is 10.0. The third-order valence-corrected chi connectivity index (χ3v) is 7.77. The van der Waals surface area contributed by atoms with E-state index >= 15 is 0 Å². The van der Waals surface area contributed by atoms with E-state index in [-0.39, 0.29) is 5.91 Å². The number of fused-ring (bicyclic) bond motifs is 1. The van der Waals surface area contributed by atoms with Crippen molar-refractivity contribution < 1.29 is 9.53 Å². The van der Waals surface area contributed by atoms with Crippen LogP contribution in [0.4, 0.5) is 0 Å². The number of morpholine rings is 1. The monoisotopic (exact) mass is 405 g/mol. The summed E-state index contributed by atoms with van der Waals surface area (Å²) in [5, 5.41) is 4.41. The fourth-order valence-corrected chi connectivity index (χ4v) is 6.09. The third-order valence-electron chi connectivity index (χ3n) is 6.63. The predicted molar refractivity (Wildman–Crippen MR) is 113 cm³/mol. The molecule has 1 aromatic rings. The molecule has 1 amide bonds. The summed E-state index contributed by atoms with van der Waals surface area (Å²) in [6.45, 7) is 4.21. The Morgan fingerprint density at radius 3 is 2.89 bits per heavy atom. The smallest absolute Gasteiger partial charge is 0.220 e. The van der Waals surface area contributed by atoms with Crippen molar-refractivity contribution in [3.63, 3.8) is 0 Å². The van der Waals surface area contributed by atoms with Gasteiger partial charge in [0.05, 0.1) is 25.5 Å². The maximum Gasteiger partial charge on any atom is 0.220 e. The van der Waals surface area contributed by atoms with Gasteiger partial charge in [0, 0.05) is 30.4 Å². The number of ether oxygens (including phenoxy) is 1. The second-order valence-electron chi connectivity index (χ2n) is 8.71. The first-order valence-corrected chi connectivity index (χ1v) is 12.2. The quantitative estimate of drug-likeness (QED) is 0.716. The molecule has 0 spiro atoms. The van der Waals surface area contributed by atoms with Crippen LogP contribution in [0.5, 0.6) is 0 Å². The van der Waals surface area contributed by atoms with Gasteiger partial charge in [-0.25, -0.2) is 4.98 Å². The van der Waals surface area contributed by atoms with Gasteiger partial charge in [0.2, 0.25) is 5.91 Å². The van der Waals surface area contributed by atoms with Crippen molar-refractivity contribution in [2.24, 2.45) is 5.92 Å². The predicted octanol–water partition coefficient (Wildman–Crippen LogP) is 3.70. The van der Waals surface area contributed by atoms with Crippen LogP contribution < -0.4 is 5.32 Å². The highest BCUT2D eigenvalue weighted by atomic mass is 32.1. The molecule has 0 aromatic carbocycles. The molecule has 1 N–H and O–H groups in total. The Morgan fingerprint density at radius 1 is 1.18 bits per heavy atom. The van der Waals surface area contributed by atoms with E-state index in [1.54, 1.807) is 0 Å². The molecule has 2 fully saturated rings. The molecule has 1 aromatic heterocycles. The minimum Gasteiger partial charge on any atom is -0.378 e. The lowest BCUT2D eigenvalue weighted by molar-refractivity contribution is -0.121. The van der Waals surface area contributed by atoms with Gasteiger partial charge < -0.3 is 10.1 Å². The molecule has 2 aliphatic carbocycles. The number of carbonyl (C=O) groups excluding carboxylic acids is 1. The van der Waals surface area contributed by atoms with Crippen LogP contribution in [0.25, 0.3) is 0 Å². The molecule has 5 nitrogen and oxygen atoms in total. The normalized spacial score (nSPS) is 23.6. The number of aromatic nitrogens is 1. The summed E-state index contributed by atoms with van der Waals surface area (Å²) >= 11 is 1.91. The molecular formula is C22H35N3O2S. The third kappa shape index (κ3) is 5.55. The van der Waals surface area contributed by atoms with Crippen molar-refractivity contribution in [2.75, 3.05) is 26.3 Å². The molecule has 2 heterocycles. The number of rotatable bonds is 8. The Bertz CT molecular complexity index is 618. The molecule has 0 bridgehead atoms. The molecule has 156 valence electrons. The van der Waals surface area contributed by atoms with E-state index in [1.165, 1.54) is 60.5 Å². The number of carbonyl (C=O) groups is 1. The molecule has 4 rings (SSSR count). The molecule has 28 heavy (non-hydrogen) atoms. The van der Waals surface area contributed by atoms with Gasteiger partial charge in [0.15, 0.2) is 0 Å². The number of hydrogen-bond donors (Lipinski definition) is 1. The van der Waals surface area contributed by atoms with Crippen molar-refractivity contribution >= 4 is 17.2 Å². The highest BCUT2D eigenvalue weighted by molar-refractivity contribution is 7.11. The maximum absolute atomic E-state index is 12.2. The Balaban J connectivity index is 1.21. The van der Waals surface area contributed by atoms with Crippen molar-refractivity contribution in [1.82, 2.24) is 15.2 Å². The van der Waals surface area contributed by atoms with Crippen LogP contribution in [0.1, 0.15) is 73.4 Å². The largest absolute Gasteiger partial charge is 0.378 e. The van der Waals surface area contributed by atoms with Gasteiger partial charge in [-0.15, -0.1) is 11.3 Å². The fourth-order valence-electron chi connectivity index (χ4n) is 4.91. The van der Waals surface area contributed by atoms with Crippen LogP contribution in [-0.4, -0.2) is 48.1 Å². The number of thiazole rings is 1. The average Bonchev–Trinajstić information content (AvgIpc) is 3.37. The van der Waals surface area contributed by atoms with E-state index < -0.39 is 0 Å². The summed E-state index contributed by atoms with van der Waals surface area (Å²) in [4.78, 5) is 21.1. The fraction of sp³-hybridized carbons (Fsp3) is 0.818. The first-order valence-electron chi connectivity index (χ1n) is 11.3. The molecule has 1 unspecified atom stereocenters. The van der Waals surface area contributed by atoms with Gasteiger partial charge in [0.1, 0.15) is 5.01 Å². The van der Waals surface area contributed by atoms with Gasteiger partial charge >= 0.3 is 0 Å². The summed E-state index contributed by atoms with van der Waals surface area (Å²) in [6.07, 6.45) is 13.0. The van der Waals surface area contributed by atoms with Crippen LogP contribution in [0.2, 0.25) is 0 Å². The van der Waals surface area contributed by atoms with Crippen LogP contribution in [0.15, 0.2) is 0 Å². The average molecular weight is 406 g/mol. The van der Waals surface area contributed by atoms with Crippen molar-refractivity contribution in [1.29, 1.82) is 0 Å². The van der Waals surface area contributed by atoms with Gasteiger partial charge in [0.25, 0.3) is 0 Å². The highest BCUT2D eigenvalue weighted by Crippen LogP contribution is 2.29. The molecular weight excluding hydrogens is 370 g/mol. The maximum atomic E-state index is 12.2. The van der Waals surface area contributed by atoms with E-state index in [2.05, 4.69) is 10.2 Å². The summed E-state index contributed by atoms with van der Waals surface area (Å²) < 4.78 is 5.73. The van der Waals surface area contributed by atoms with Crippen molar-refractivity contribution in [3.05, 3.63) is 15.6 Å². The van der Waals surface area contributed by atoms with E-state index in [4.69, 9.17) is 9.72 Å². The van der Waals surface area contributed by atoms with E-state index in [0.29, 0.717) is 12.5 Å². The Morgan fingerprint density at radius 2 is 2.04 bits per heavy atom. The molecule has 1 saturated carbocycles. The summed E-state index contributed by atoms with van der Waals surface area (Å²) in [7, 11) is 0. The summed E-state index contributed by atoms with van der Waals surface area (Å²) in [6, 6.07) is 0.379. The topological polar surface area (TPSA) is 54.5 Å². The van der Waals surface area contributed by atoms with Crippen molar-refractivity contribution in [3.8, 4) is 0 Å². The molecule has 6 heteroatoms. The molecule has 1 atom stereocenters. The van der Waals surface area contributed by atoms with Crippen LogP contribution >= 0.6 is 11.3 Å². The van der Waals surface area contributed by atoms with Crippen LogP contribution in [-0.2, 0) is 28.9 Å². The Hall–Kier alpha value is -0.980. The number of nitrogens with one attached hydrogen (secondary N) is 1. The second kappa shape index (κ2) is 10.2. The van der Waals surface area contributed by atoms with Crippen LogP contribution in [0.3, 0.4) is 0 Å². The Labute approximate surface area is 173 Å².